The molecular formula is C24H29ClN4O3S. The Bertz CT molecular complexity index is 1120. The molecule has 9 heteroatoms. The highest BCUT2D eigenvalue weighted by atomic mass is 35.5. The van der Waals surface area contributed by atoms with E-state index in [9.17, 15) is 9.59 Å². The minimum Gasteiger partial charge on any atom is -0.447 e. The first-order chi connectivity index (χ1) is 15.7. The van der Waals surface area contributed by atoms with Crippen molar-refractivity contribution in [2.45, 2.75) is 46.7 Å². The average molecular weight is 489 g/mol. The van der Waals surface area contributed by atoms with Crippen molar-refractivity contribution in [3.8, 4) is 0 Å². The lowest BCUT2D eigenvalue weighted by molar-refractivity contribution is -0.136. The van der Waals surface area contributed by atoms with Gasteiger partial charge in [-0.3, -0.25) is 15.1 Å². The molecular weight excluding hydrogens is 460 g/mol. The summed E-state index contributed by atoms with van der Waals surface area (Å²) in [6.07, 6.45) is 0.0529. The minimum absolute atomic E-state index is 0.0448. The summed E-state index contributed by atoms with van der Waals surface area (Å²) < 4.78 is 6.49. The number of thiazole rings is 1. The number of carbonyl (C=O) groups excluding carboxylic acids is 2. The number of rotatable bonds is 9. The maximum absolute atomic E-state index is 12.5. The summed E-state index contributed by atoms with van der Waals surface area (Å²) in [7, 11) is 0. The van der Waals surface area contributed by atoms with Crippen LogP contribution in [0.1, 0.15) is 38.3 Å². The number of aryl methyl sites for hydroxylation is 1. The number of anilines is 1. The smallest absolute Gasteiger partial charge is 0.413 e. The number of ether oxygens (including phenoxy) is 1. The van der Waals surface area contributed by atoms with Gasteiger partial charge in [0.2, 0.25) is 5.91 Å². The molecule has 2 amide bonds. The van der Waals surface area contributed by atoms with Gasteiger partial charge < -0.3 is 4.74 Å². The normalized spacial score (nSPS) is 12.1. The van der Waals surface area contributed by atoms with Crippen LogP contribution in [0.5, 0.6) is 0 Å². The summed E-state index contributed by atoms with van der Waals surface area (Å²) in [5.74, 6) is 0.122. The Morgan fingerprint density at radius 3 is 2.67 bits per heavy atom. The number of carbonyl (C=O) groups is 2. The number of halogens is 1. The predicted molar refractivity (Wildman–Crippen MR) is 133 cm³/mol. The van der Waals surface area contributed by atoms with Crippen molar-refractivity contribution >= 4 is 50.3 Å². The van der Waals surface area contributed by atoms with Gasteiger partial charge in [-0.05, 0) is 48.6 Å². The molecule has 1 atom stereocenters. The molecule has 0 saturated carbocycles. The molecule has 0 unspecified atom stereocenters. The minimum atomic E-state index is -0.603. The Labute approximate surface area is 203 Å². The first-order valence-corrected chi connectivity index (χ1v) is 12.0. The fourth-order valence-electron chi connectivity index (χ4n) is 3.48. The maximum Gasteiger partial charge on any atom is 0.413 e. The van der Waals surface area contributed by atoms with Crippen LogP contribution in [0.2, 0.25) is 5.02 Å². The molecule has 2 aromatic carbocycles. The number of fused-ring (bicyclic) bond motifs is 1. The Morgan fingerprint density at radius 1 is 1.21 bits per heavy atom. The predicted octanol–water partition coefficient (Wildman–Crippen LogP) is 5.77. The first-order valence-electron chi connectivity index (χ1n) is 10.8. The van der Waals surface area contributed by atoms with Crippen molar-refractivity contribution in [3.63, 3.8) is 0 Å². The Balaban J connectivity index is 1.64. The van der Waals surface area contributed by atoms with E-state index in [1.165, 1.54) is 23.3 Å². The van der Waals surface area contributed by atoms with Crippen LogP contribution in [0.15, 0.2) is 42.5 Å². The van der Waals surface area contributed by atoms with E-state index < -0.39 is 6.09 Å². The summed E-state index contributed by atoms with van der Waals surface area (Å²) in [6, 6.07) is 13.0. The first kappa shape index (κ1) is 25.0. The summed E-state index contributed by atoms with van der Waals surface area (Å²) in [5, 5.41) is 5.32. The number of amides is 2. The fourth-order valence-corrected chi connectivity index (χ4v) is 4.63. The van der Waals surface area contributed by atoms with Crippen molar-refractivity contribution in [1.29, 1.82) is 0 Å². The van der Waals surface area contributed by atoms with Crippen molar-refractivity contribution in [1.82, 2.24) is 15.4 Å². The van der Waals surface area contributed by atoms with E-state index in [0.717, 1.165) is 21.3 Å². The molecule has 1 aromatic heterocycles. The summed E-state index contributed by atoms with van der Waals surface area (Å²) in [5.41, 5.74) is 5.98. The molecule has 0 aliphatic heterocycles. The fraction of sp³-hybridized carbons (Fsp3) is 0.375. The van der Waals surface area contributed by atoms with Gasteiger partial charge in [0.05, 0.1) is 16.3 Å². The summed E-state index contributed by atoms with van der Waals surface area (Å²) in [4.78, 5) is 29.3. The van der Waals surface area contributed by atoms with Gasteiger partial charge in [-0.1, -0.05) is 61.1 Å². The molecule has 3 aromatic rings. The lowest BCUT2D eigenvalue weighted by atomic mass is 10.0. The third kappa shape index (κ3) is 7.15. The number of hydrogen-bond acceptors (Lipinski definition) is 6. The van der Waals surface area contributed by atoms with E-state index in [-0.39, 0.29) is 24.5 Å². The second-order valence-corrected chi connectivity index (χ2v) is 9.75. The maximum atomic E-state index is 12.5. The van der Waals surface area contributed by atoms with Crippen LogP contribution >= 0.6 is 22.9 Å². The zero-order valence-electron chi connectivity index (χ0n) is 19.2. The number of nitrogens with zero attached hydrogens (tertiary/aromatic N) is 2. The largest absolute Gasteiger partial charge is 0.447 e. The summed E-state index contributed by atoms with van der Waals surface area (Å²) >= 11 is 7.63. The molecule has 0 aliphatic rings. The SMILES string of the molecule is CC(=O)N(NCc1ccccc1Cl)[C@H](COC(=O)Nc1nc2ccc(C)cc2s1)CC(C)C. The number of benzene rings is 2. The van der Waals surface area contributed by atoms with Gasteiger partial charge in [0, 0.05) is 18.5 Å². The summed E-state index contributed by atoms with van der Waals surface area (Å²) in [6.45, 7) is 8.03. The molecule has 0 aliphatic carbocycles. The van der Waals surface area contributed by atoms with Crippen LogP contribution in [0, 0.1) is 12.8 Å². The van der Waals surface area contributed by atoms with E-state index >= 15 is 0 Å². The third-order valence-electron chi connectivity index (χ3n) is 5.01. The lowest BCUT2D eigenvalue weighted by Crippen LogP contribution is -2.51. The van der Waals surface area contributed by atoms with Crippen LogP contribution in [-0.2, 0) is 16.1 Å². The average Bonchev–Trinajstić information content (AvgIpc) is 3.13. The van der Waals surface area contributed by atoms with Crippen LogP contribution in [0.25, 0.3) is 10.2 Å². The zero-order valence-corrected chi connectivity index (χ0v) is 20.8. The number of hydrazine groups is 1. The van der Waals surface area contributed by atoms with Gasteiger partial charge in [-0.25, -0.2) is 15.2 Å². The van der Waals surface area contributed by atoms with Gasteiger partial charge in [0.25, 0.3) is 0 Å². The van der Waals surface area contributed by atoms with Gasteiger partial charge >= 0.3 is 6.09 Å². The van der Waals surface area contributed by atoms with Gasteiger partial charge in [0.1, 0.15) is 6.61 Å². The second-order valence-electron chi connectivity index (χ2n) is 8.31. The molecule has 176 valence electrons. The van der Waals surface area contributed by atoms with E-state index in [2.05, 4.69) is 29.6 Å². The molecule has 7 nitrogen and oxygen atoms in total. The Hall–Kier alpha value is -2.68. The van der Waals surface area contributed by atoms with E-state index in [1.54, 1.807) is 6.07 Å². The Morgan fingerprint density at radius 2 is 1.97 bits per heavy atom. The number of nitrogens with one attached hydrogen (secondary N) is 2. The van der Waals surface area contributed by atoms with E-state index in [0.29, 0.717) is 23.1 Å². The van der Waals surface area contributed by atoms with Gasteiger partial charge in [0.15, 0.2) is 5.13 Å². The van der Waals surface area contributed by atoms with Crippen molar-refractivity contribution in [2.75, 3.05) is 11.9 Å². The molecule has 0 fully saturated rings. The lowest BCUT2D eigenvalue weighted by Gasteiger charge is -2.32. The molecule has 1 heterocycles. The van der Waals surface area contributed by atoms with E-state index in [4.69, 9.17) is 16.3 Å². The molecule has 2 N–H and O–H groups in total. The van der Waals surface area contributed by atoms with Crippen LogP contribution < -0.4 is 10.7 Å². The highest BCUT2D eigenvalue weighted by molar-refractivity contribution is 7.22. The van der Waals surface area contributed by atoms with Gasteiger partial charge in [-0.2, -0.15) is 0 Å². The van der Waals surface area contributed by atoms with Crippen LogP contribution in [-0.4, -0.2) is 34.6 Å². The van der Waals surface area contributed by atoms with Crippen molar-refractivity contribution < 1.29 is 14.3 Å². The quantitative estimate of drug-likeness (QED) is 0.373. The van der Waals surface area contributed by atoms with Crippen LogP contribution in [0.4, 0.5) is 9.93 Å². The highest BCUT2D eigenvalue weighted by Gasteiger charge is 2.24. The zero-order chi connectivity index (χ0) is 24.0. The number of aromatic nitrogens is 1. The number of hydrogen-bond donors (Lipinski definition) is 2. The molecule has 0 radical (unpaired) electrons. The molecule has 3 rings (SSSR count). The standard InChI is InChI=1S/C24H29ClN4O3S/c1-15(2)11-19(29(17(4)30)26-13-18-7-5-6-8-20(18)25)14-32-24(31)28-23-27-21-10-9-16(3)12-22(21)33-23/h5-10,12,15,19,26H,11,13-14H2,1-4H3,(H,27,28,31)/t19-/m0/s1. The topological polar surface area (TPSA) is 83.6 Å². The second kappa shape index (κ2) is 11.4. The van der Waals surface area contributed by atoms with Crippen LogP contribution in [0.3, 0.4) is 0 Å². The molecule has 0 spiro atoms. The van der Waals surface area contributed by atoms with Crippen molar-refractivity contribution in [3.05, 3.63) is 58.6 Å². The highest BCUT2D eigenvalue weighted by Crippen LogP contribution is 2.26. The monoisotopic (exact) mass is 488 g/mol. The van der Waals surface area contributed by atoms with Crippen molar-refractivity contribution in [2.24, 2.45) is 5.92 Å². The molecule has 0 saturated heterocycles. The third-order valence-corrected chi connectivity index (χ3v) is 6.31. The van der Waals surface area contributed by atoms with E-state index in [1.807, 2.05) is 43.3 Å². The van der Waals surface area contributed by atoms with Gasteiger partial charge in [-0.15, -0.1) is 0 Å². The molecule has 33 heavy (non-hydrogen) atoms. The Kier molecular flexibility index (Phi) is 8.66. The molecule has 0 bridgehead atoms.